The number of nitrogens with two attached hydrogens (primary N) is 1. The Balaban J connectivity index is 1.96. The van der Waals surface area contributed by atoms with Gasteiger partial charge in [0.1, 0.15) is 0 Å². The average molecular weight is 240 g/mol. The van der Waals surface area contributed by atoms with Gasteiger partial charge in [-0.1, -0.05) is 23.7 Å². The van der Waals surface area contributed by atoms with Crippen LogP contribution in [0.5, 0.6) is 0 Å². The molecule has 2 nitrogen and oxygen atoms in total. The molecule has 88 valence electrons. The maximum absolute atomic E-state index is 6.23. The lowest BCUT2D eigenvalue weighted by Crippen LogP contribution is -2.36. The fourth-order valence-corrected chi connectivity index (χ4v) is 2.48. The smallest absolute Gasteiger partial charge is 0.0590 e. The molecule has 0 radical (unpaired) electrons. The molecule has 16 heavy (non-hydrogen) atoms. The summed E-state index contributed by atoms with van der Waals surface area (Å²) < 4.78 is 5.54. The van der Waals surface area contributed by atoms with Crippen LogP contribution in [0.1, 0.15) is 18.9 Å². The van der Waals surface area contributed by atoms with E-state index in [0.717, 1.165) is 24.5 Å². The molecular formula is C13H18ClNO. The molecule has 0 aromatic heterocycles. The number of hydrogen-bond acceptors (Lipinski definition) is 2. The topological polar surface area (TPSA) is 35.2 Å². The first-order valence-electron chi connectivity index (χ1n) is 5.78. The van der Waals surface area contributed by atoms with Gasteiger partial charge in [0.15, 0.2) is 0 Å². The van der Waals surface area contributed by atoms with Crippen LogP contribution in [0.4, 0.5) is 0 Å². The molecule has 1 aliphatic heterocycles. The van der Waals surface area contributed by atoms with Crippen LogP contribution >= 0.6 is 11.6 Å². The van der Waals surface area contributed by atoms with Crippen LogP contribution in [0, 0.1) is 5.92 Å². The SMILES string of the molecule is CC1OCCC1C(N)Cc1ccc(Cl)cc1. The fraction of sp³-hybridized carbons (Fsp3) is 0.538. The molecule has 1 aliphatic rings. The van der Waals surface area contributed by atoms with Crippen LogP contribution in [-0.4, -0.2) is 18.8 Å². The Hall–Kier alpha value is -0.570. The van der Waals surface area contributed by atoms with Gasteiger partial charge in [-0.2, -0.15) is 0 Å². The summed E-state index contributed by atoms with van der Waals surface area (Å²) in [7, 11) is 0. The highest BCUT2D eigenvalue weighted by molar-refractivity contribution is 6.30. The van der Waals surface area contributed by atoms with Crippen LogP contribution in [0.15, 0.2) is 24.3 Å². The molecular weight excluding hydrogens is 222 g/mol. The second-order valence-electron chi connectivity index (χ2n) is 4.52. The summed E-state index contributed by atoms with van der Waals surface area (Å²) in [5, 5.41) is 0.773. The molecule has 1 heterocycles. The summed E-state index contributed by atoms with van der Waals surface area (Å²) in [4.78, 5) is 0. The Labute approximate surface area is 102 Å². The monoisotopic (exact) mass is 239 g/mol. The number of ether oxygens (including phenoxy) is 1. The summed E-state index contributed by atoms with van der Waals surface area (Å²) in [5.74, 6) is 0.482. The molecule has 1 aromatic rings. The van der Waals surface area contributed by atoms with Crippen molar-refractivity contribution >= 4 is 11.6 Å². The zero-order valence-corrected chi connectivity index (χ0v) is 10.3. The normalized spacial score (nSPS) is 26.9. The first-order chi connectivity index (χ1) is 7.66. The second kappa shape index (κ2) is 5.17. The Morgan fingerprint density at radius 1 is 1.44 bits per heavy atom. The van der Waals surface area contributed by atoms with Crippen LogP contribution in [0.25, 0.3) is 0 Å². The van der Waals surface area contributed by atoms with E-state index in [0.29, 0.717) is 12.0 Å². The predicted molar refractivity (Wildman–Crippen MR) is 66.7 cm³/mol. The Morgan fingerprint density at radius 3 is 2.69 bits per heavy atom. The molecule has 2 rings (SSSR count). The lowest BCUT2D eigenvalue weighted by molar-refractivity contribution is 0.0995. The van der Waals surface area contributed by atoms with E-state index in [1.165, 1.54) is 5.56 Å². The van der Waals surface area contributed by atoms with Gasteiger partial charge in [0.05, 0.1) is 6.10 Å². The van der Waals surface area contributed by atoms with Gasteiger partial charge in [-0.15, -0.1) is 0 Å². The van der Waals surface area contributed by atoms with Gasteiger partial charge in [0.2, 0.25) is 0 Å². The largest absolute Gasteiger partial charge is 0.378 e. The molecule has 3 heteroatoms. The van der Waals surface area contributed by atoms with E-state index in [1.54, 1.807) is 0 Å². The molecule has 3 atom stereocenters. The summed E-state index contributed by atoms with van der Waals surface area (Å²) in [6, 6.07) is 8.10. The van der Waals surface area contributed by atoms with Crippen molar-refractivity contribution in [1.82, 2.24) is 0 Å². The fourth-order valence-electron chi connectivity index (χ4n) is 2.35. The minimum Gasteiger partial charge on any atom is -0.378 e. The van der Waals surface area contributed by atoms with Crippen molar-refractivity contribution in [3.8, 4) is 0 Å². The third-order valence-corrected chi connectivity index (χ3v) is 3.62. The van der Waals surface area contributed by atoms with Gasteiger partial charge < -0.3 is 10.5 Å². The zero-order chi connectivity index (χ0) is 11.5. The molecule has 1 fully saturated rings. The highest BCUT2D eigenvalue weighted by Crippen LogP contribution is 2.25. The Kier molecular flexibility index (Phi) is 3.85. The van der Waals surface area contributed by atoms with Crippen LogP contribution in [-0.2, 0) is 11.2 Å². The van der Waals surface area contributed by atoms with Crippen molar-refractivity contribution in [3.63, 3.8) is 0 Å². The van der Waals surface area contributed by atoms with E-state index in [2.05, 4.69) is 6.92 Å². The third-order valence-electron chi connectivity index (χ3n) is 3.37. The number of rotatable bonds is 3. The van der Waals surface area contributed by atoms with Crippen molar-refractivity contribution in [1.29, 1.82) is 0 Å². The lowest BCUT2D eigenvalue weighted by atomic mass is 9.90. The Morgan fingerprint density at radius 2 is 2.12 bits per heavy atom. The van der Waals surface area contributed by atoms with E-state index >= 15 is 0 Å². The van der Waals surface area contributed by atoms with Gasteiger partial charge in [0, 0.05) is 23.6 Å². The van der Waals surface area contributed by atoms with Crippen molar-refractivity contribution in [2.75, 3.05) is 6.61 Å². The van der Waals surface area contributed by atoms with Crippen molar-refractivity contribution in [2.45, 2.75) is 31.9 Å². The van der Waals surface area contributed by atoms with E-state index in [1.807, 2.05) is 24.3 Å². The second-order valence-corrected chi connectivity index (χ2v) is 4.96. The van der Waals surface area contributed by atoms with Gasteiger partial charge >= 0.3 is 0 Å². The van der Waals surface area contributed by atoms with Gasteiger partial charge in [-0.25, -0.2) is 0 Å². The van der Waals surface area contributed by atoms with Crippen molar-refractivity contribution in [3.05, 3.63) is 34.9 Å². The summed E-state index contributed by atoms with van der Waals surface area (Å²) in [5.41, 5.74) is 7.47. The van der Waals surface area contributed by atoms with Gasteiger partial charge in [-0.05, 0) is 37.5 Å². The number of halogens is 1. The number of benzene rings is 1. The van der Waals surface area contributed by atoms with E-state index in [4.69, 9.17) is 22.1 Å². The lowest BCUT2D eigenvalue weighted by Gasteiger charge is -2.21. The third kappa shape index (κ3) is 2.76. The summed E-state index contributed by atoms with van der Waals surface area (Å²) in [6.07, 6.45) is 2.27. The van der Waals surface area contributed by atoms with Gasteiger partial charge in [0.25, 0.3) is 0 Å². The molecule has 0 saturated carbocycles. The van der Waals surface area contributed by atoms with Crippen molar-refractivity contribution in [2.24, 2.45) is 11.7 Å². The molecule has 1 saturated heterocycles. The zero-order valence-electron chi connectivity index (χ0n) is 9.53. The molecule has 0 spiro atoms. The van der Waals surface area contributed by atoms with Crippen LogP contribution in [0.3, 0.4) is 0 Å². The molecule has 0 aliphatic carbocycles. The highest BCUT2D eigenvalue weighted by atomic mass is 35.5. The van der Waals surface area contributed by atoms with E-state index in [9.17, 15) is 0 Å². The average Bonchev–Trinajstić information content (AvgIpc) is 2.68. The highest BCUT2D eigenvalue weighted by Gasteiger charge is 2.29. The first-order valence-corrected chi connectivity index (χ1v) is 6.16. The first kappa shape index (κ1) is 11.9. The minimum absolute atomic E-state index is 0.179. The molecule has 1 aromatic carbocycles. The van der Waals surface area contributed by atoms with E-state index in [-0.39, 0.29) is 6.04 Å². The Bertz CT molecular complexity index is 338. The number of hydrogen-bond donors (Lipinski definition) is 1. The molecule has 2 N–H and O–H groups in total. The summed E-state index contributed by atoms with van der Waals surface area (Å²) in [6.45, 7) is 2.96. The molecule has 3 unspecified atom stereocenters. The maximum atomic E-state index is 6.23. The van der Waals surface area contributed by atoms with E-state index < -0.39 is 0 Å². The maximum Gasteiger partial charge on any atom is 0.0590 e. The molecule has 0 bridgehead atoms. The quantitative estimate of drug-likeness (QED) is 0.880. The standard InChI is InChI=1S/C13H18ClNO/c1-9-12(6-7-16-9)13(15)8-10-2-4-11(14)5-3-10/h2-5,9,12-13H,6-8,15H2,1H3. The molecule has 0 amide bonds. The van der Waals surface area contributed by atoms with Gasteiger partial charge in [-0.3, -0.25) is 0 Å². The minimum atomic E-state index is 0.179. The van der Waals surface area contributed by atoms with Crippen LogP contribution in [0.2, 0.25) is 5.02 Å². The van der Waals surface area contributed by atoms with Crippen LogP contribution < -0.4 is 5.73 Å². The predicted octanol–water partition coefficient (Wildman–Crippen LogP) is 2.63. The van der Waals surface area contributed by atoms with Crippen molar-refractivity contribution < 1.29 is 4.74 Å². The summed E-state index contributed by atoms with van der Waals surface area (Å²) >= 11 is 5.85.